The molecule has 1 N–H and O–H groups in total. The zero-order chi connectivity index (χ0) is 20.6. The Bertz CT molecular complexity index is 977. The van der Waals surface area contributed by atoms with Crippen molar-refractivity contribution in [3.8, 4) is 22.1 Å². The highest BCUT2D eigenvalue weighted by Crippen LogP contribution is 2.34. The summed E-state index contributed by atoms with van der Waals surface area (Å²) in [5.74, 6) is 0.514. The third kappa shape index (κ3) is 5.52. The molecular formula is C21H21FN2O4S. The fourth-order valence-corrected chi connectivity index (χ4v) is 3.37. The van der Waals surface area contributed by atoms with E-state index in [0.29, 0.717) is 35.4 Å². The van der Waals surface area contributed by atoms with Crippen LogP contribution in [0.2, 0.25) is 0 Å². The van der Waals surface area contributed by atoms with Crippen molar-refractivity contribution in [1.29, 1.82) is 0 Å². The molecule has 1 aromatic heterocycles. The molecule has 6 nitrogen and oxygen atoms in total. The fraction of sp³-hybridized carbons (Fsp3) is 0.238. The van der Waals surface area contributed by atoms with E-state index in [-0.39, 0.29) is 18.3 Å². The molecule has 0 fully saturated rings. The number of hydrogen-bond donors (Lipinski definition) is 1. The van der Waals surface area contributed by atoms with Crippen LogP contribution >= 0.6 is 11.3 Å². The number of hydrogen-bond acceptors (Lipinski definition) is 6. The van der Waals surface area contributed by atoms with Gasteiger partial charge in [0.2, 0.25) is 0 Å². The lowest BCUT2D eigenvalue weighted by Crippen LogP contribution is -2.27. The molecule has 0 bridgehead atoms. The fourth-order valence-electron chi connectivity index (χ4n) is 2.58. The largest absolute Gasteiger partial charge is 0.493 e. The van der Waals surface area contributed by atoms with Gasteiger partial charge in [0.15, 0.2) is 11.5 Å². The number of rotatable bonds is 9. The zero-order valence-electron chi connectivity index (χ0n) is 16.1. The normalized spacial score (nSPS) is 10.6. The predicted molar refractivity (Wildman–Crippen MR) is 109 cm³/mol. The van der Waals surface area contributed by atoms with Gasteiger partial charge in [-0.2, -0.15) is 0 Å². The minimum Gasteiger partial charge on any atom is -0.493 e. The van der Waals surface area contributed by atoms with Crippen molar-refractivity contribution in [3.05, 3.63) is 64.9 Å². The monoisotopic (exact) mass is 416 g/mol. The van der Waals surface area contributed by atoms with E-state index in [4.69, 9.17) is 14.2 Å². The molecule has 1 heterocycles. The molecule has 29 heavy (non-hydrogen) atoms. The lowest BCUT2D eigenvalue weighted by Gasteiger charge is -2.12. The predicted octanol–water partition coefficient (Wildman–Crippen LogP) is 3.91. The zero-order valence-corrected chi connectivity index (χ0v) is 16.9. The molecule has 0 aliphatic carbocycles. The highest BCUT2D eigenvalue weighted by molar-refractivity contribution is 7.13. The van der Waals surface area contributed by atoms with E-state index in [0.717, 1.165) is 11.1 Å². The molecule has 0 radical (unpaired) electrons. The second-order valence-electron chi connectivity index (χ2n) is 6.07. The Morgan fingerprint density at radius 2 is 2.03 bits per heavy atom. The van der Waals surface area contributed by atoms with Crippen LogP contribution in [-0.4, -0.2) is 38.3 Å². The van der Waals surface area contributed by atoms with Gasteiger partial charge in [-0.15, -0.1) is 11.3 Å². The number of amides is 1. The van der Waals surface area contributed by atoms with Gasteiger partial charge in [-0.3, -0.25) is 4.79 Å². The van der Waals surface area contributed by atoms with E-state index in [1.54, 1.807) is 43.9 Å². The molecule has 0 saturated heterocycles. The van der Waals surface area contributed by atoms with Crippen LogP contribution in [0.5, 0.6) is 11.5 Å². The Morgan fingerprint density at radius 1 is 1.17 bits per heavy atom. The summed E-state index contributed by atoms with van der Waals surface area (Å²) in [6.45, 7) is 1.08. The maximum Gasteiger partial charge on any atom is 0.270 e. The van der Waals surface area contributed by atoms with Gasteiger partial charge in [-0.25, -0.2) is 9.37 Å². The highest BCUT2D eigenvalue weighted by atomic mass is 32.1. The first-order valence-electron chi connectivity index (χ1n) is 8.89. The lowest BCUT2D eigenvalue weighted by atomic mass is 10.2. The Balaban J connectivity index is 1.71. The SMILES string of the molecule is COCCNC(=O)c1csc(-c2ccc(OCc3cccc(F)c3)c(OC)c2)n1. The third-order valence-electron chi connectivity index (χ3n) is 4.02. The summed E-state index contributed by atoms with van der Waals surface area (Å²) in [5.41, 5.74) is 1.88. The number of methoxy groups -OCH3 is 2. The maximum atomic E-state index is 13.3. The van der Waals surface area contributed by atoms with E-state index in [2.05, 4.69) is 10.3 Å². The quantitative estimate of drug-likeness (QED) is 0.536. The van der Waals surface area contributed by atoms with Gasteiger partial charge in [0, 0.05) is 24.6 Å². The molecule has 0 aliphatic heterocycles. The second-order valence-corrected chi connectivity index (χ2v) is 6.93. The molecule has 8 heteroatoms. The summed E-state index contributed by atoms with van der Waals surface area (Å²) in [6, 6.07) is 11.7. The van der Waals surface area contributed by atoms with Crippen LogP contribution in [0.1, 0.15) is 16.1 Å². The highest BCUT2D eigenvalue weighted by Gasteiger charge is 2.14. The van der Waals surface area contributed by atoms with Crippen molar-refractivity contribution in [2.45, 2.75) is 6.61 Å². The van der Waals surface area contributed by atoms with Gasteiger partial charge in [0.1, 0.15) is 23.1 Å². The number of ether oxygens (including phenoxy) is 3. The summed E-state index contributed by atoms with van der Waals surface area (Å²) in [6.07, 6.45) is 0. The van der Waals surface area contributed by atoms with Crippen LogP contribution in [0.15, 0.2) is 47.8 Å². The molecule has 3 rings (SSSR count). The average Bonchev–Trinajstić information content (AvgIpc) is 3.23. The number of nitrogens with one attached hydrogen (secondary N) is 1. The van der Waals surface area contributed by atoms with Gasteiger partial charge >= 0.3 is 0 Å². The molecule has 152 valence electrons. The van der Waals surface area contributed by atoms with Crippen LogP contribution < -0.4 is 14.8 Å². The van der Waals surface area contributed by atoms with Crippen molar-refractivity contribution >= 4 is 17.2 Å². The molecule has 0 spiro atoms. The Hall–Kier alpha value is -2.97. The van der Waals surface area contributed by atoms with Crippen molar-refractivity contribution in [3.63, 3.8) is 0 Å². The number of nitrogens with zero attached hydrogens (tertiary/aromatic N) is 1. The Labute approximate surface area is 172 Å². The summed E-state index contributed by atoms with van der Waals surface area (Å²) in [4.78, 5) is 16.5. The summed E-state index contributed by atoms with van der Waals surface area (Å²) >= 11 is 1.37. The number of thiazole rings is 1. The van der Waals surface area contributed by atoms with Crippen molar-refractivity contribution in [2.75, 3.05) is 27.4 Å². The first kappa shape index (κ1) is 20.8. The first-order chi connectivity index (χ1) is 14.1. The first-order valence-corrected chi connectivity index (χ1v) is 9.77. The maximum absolute atomic E-state index is 13.3. The van der Waals surface area contributed by atoms with E-state index in [1.165, 1.54) is 23.5 Å². The molecule has 2 aromatic carbocycles. The molecule has 0 aliphatic rings. The molecule has 0 unspecified atom stereocenters. The van der Waals surface area contributed by atoms with Gasteiger partial charge in [-0.05, 0) is 35.9 Å². The second kappa shape index (κ2) is 9.99. The van der Waals surface area contributed by atoms with Crippen molar-refractivity contribution in [1.82, 2.24) is 10.3 Å². The number of benzene rings is 2. The van der Waals surface area contributed by atoms with Crippen LogP contribution in [0.25, 0.3) is 10.6 Å². The van der Waals surface area contributed by atoms with Crippen molar-refractivity contribution < 1.29 is 23.4 Å². The average molecular weight is 416 g/mol. The number of carbonyl (C=O) groups is 1. The Kier molecular flexibility index (Phi) is 7.15. The number of carbonyl (C=O) groups excluding carboxylic acids is 1. The number of aromatic nitrogens is 1. The smallest absolute Gasteiger partial charge is 0.270 e. The van der Waals surface area contributed by atoms with E-state index in [1.807, 2.05) is 6.07 Å². The molecular weight excluding hydrogens is 395 g/mol. The molecule has 0 saturated carbocycles. The minimum atomic E-state index is -0.306. The van der Waals surface area contributed by atoms with Gasteiger partial charge < -0.3 is 19.5 Å². The van der Waals surface area contributed by atoms with Crippen LogP contribution in [0, 0.1) is 5.82 Å². The standard InChI is InChI=1S/C21H21FN2O4S/c1-26-9-8-23-20(25)17-13-29-21(24-17)15-6-7-18(19(11-15)27-2)28-12-14-4-3-5-16(22)10-14/h3-7,10-11,13H,8-9,12H2,1-2H3,(H,23,25). The molecule has 1 amide bonds. The van der Waals surface area contributed by atoms with Gasteiger partial charge in [-0.1, -0.05) is 12.1 Å². The van der Waals surface area contributed by atoms with Crippen LogP contribution in [-0.2, 0) is 11.3 Å². The van der Waals surface area contributed by atoms with Gasteiger partial charge in [0.05, 0.1) is 13.7 Å². The summed E-state index contributed by atoms with van der Waals surface area (Å²) in [7, 11) is 3.12. The third-order valence-corrected chi connectivity index (χ3v) is 4.91. The van der Waals surface area contributed by atoms with E-state index >= 15 is 0 Å². The summed E-state index contributed by atoms with van der Waals surface area (Å²) in [5, 5.41) is 5.14. The lowest BCUT2D eigenvalue weighted by molar-refractivity contribution is 0.0933. The molecule has 0 atom stereocenters. The van der Waals surface area contributed by atoms with Crippen LogP contribution in [0.4, 0.5) is 4.39 Å². The van der Waals surface area contributed by atoms with Crippen molar-refractivity contribution in [2.24, 2.45) is 0 Å². The van der Waals surface area contributed by atoms with E-state index in [9.17, 15) is 9.18 Å². The van der Waals surface area contributed by atoms with Crippen LogP contribution in [0.3, 0.4) is 0 Å². The summed E-state index contributed by atoms with van der Waals surface area (Å²) < 4.78 is 29.4. The minimum absolute atomic E-state index is 0.219. The Morgan fingerprint density at radius 3 is 2.79 bits per heavy atom. The van der Waals surface area contributed by atoms with E-state index < -0.39 is 0 Å². The topological polar surface area (TPSA) is 69.7 Å². The number of halogens is 1. The van der Waals surface area contributed by atoms with Gasteiger partial charge in [0.25, 0.3) is 5.91 Å². The molecule has 3 aromatic rings.